The molecule has 0 radical (unpaired) electrons. The molecule has 1 aromatic heterocycles. The molecule has 0 atom stereocenters. The summed E-state index contributed by atoms with van der Waals surface area (Å²) >= 11 is 0. The smallest absolute Gasteiger partial charge is 0.131 e. The average Bonchev–Trinajstić information content (AvgIpc) is 2.47. The number of nitrogen functional groups attached to an aromatic ring is 1. The van der Waals surface area contributed by atoms with Crippen LogP contribution in [0.3, 0.4) is 0 Å². The van der Waals surface area contributed by atoms with E-state index in [2.05, 4.69) is 4.98 Å². The summed E-state index contributed by atoms with van der Waals surface area (Å²) in [7, 11) is 0. The van der Waals surface area contributed by atoms with E-state index in [9.17, 15) is 0 Å². The van der Waals surface area contributed by atoms with Crippen molar-refractivity contribution in [3.05, 3.63) is 30.0 Å². The maximum absolute atomic E-state index is 6.22. The molecule has 0 aliphatic heterocycles. The van der Waals surface area contributed by atoms with Crippen LogP contribution in [-0.4, -0.2) is 17.6 Å². The normalized spacial score (nSPS) is 22.4. The van der Waals surface area contributed by atoms with Crippen LogP contribution in [0.25, 0.3) is 10.9 Å². The van der Waals surface area contributed by atoms with Crippen molar-refractivity contribution < 1.29 is 4.74 Å². The van der Waals surface area contributed by atoms with Crippen molar-refractivity contribution in [2.45, 2.75) is 38.7 Å². The largest absolute Gasteiger partial charge is 0.490 e. The van der Waals surface area contributed by atoms with Crippen LogP contribution in [0, 0.1) is 12.8 Å². The zero-order chi connectivity index (χ0) is 14.8. The average molecular weight is 285 g/mol. The first-order valence-corrected chi connectivity index (χ1v) is 7.70. The highest BCUT2D eigenvalue weighted by atomic mass is 16.5. The molecule has 3 rings (SSSR count). The van der Waals surface area contributed by atoms with Crippen molar-refractivity contribution in [2.24, 2.45) is 11.7 Å². The highest BCUT2D eigenvalue weighted by Gasteiger charge is 2.22. The number of ether oxygens (including phenoxy) is 1. The van der Waals surface area contributed by atoms with Crippen LogP contribution < -0.4 is 16.2 Å². The lowest BCUT2D eigenvalue weighted by Crippen LogP contribution is -2.27. The first-order chi connectivity index (χ1) is 10.2. The van der Waals surface area contributed by atoms with Crippen molar-refractivity contribution in [3.8, 4) is 5.75 Å². The fourth-order valence-electron chi connectivity index (χ4n) is 3.19. The number of benzene rings is 1. The van der Waals surface area contributed by atoms with E-state index in [0.29, 0.717) is 5.92 Å². The zero-order valence-electron chi connectivity index (χ0n) is 12.5. The number of aryl methyl sites for hydroxylation is 1. The Kier molecular flexibility index (Phi) is 3.97. The van der Waals surface area contributed by atoms with Crippen LogP contribution in [0.5, 0.6) is 5.75 Å². The number of nitrogens with zero attached hydrogens (tertiary/aromatic N) is 1. The van der Waals surface area contributed by atoms with Crippen LogP contribution in [0.4, 0.5) is 5.69 Å². The summed E-state index contributed by atoms with van der Waals surface area (Å²) in [4.78, 5) is 4.54. The second kappa shape index (κ2) is 5.90. The van der Waals surface area contributed by atoms with Crippen molar-refractivity contribution >= 4 is 16.6 Å². The lowest BCUT2D eigenvalue weighted by atomic mass is 9.87. The maximum atomic E-state index is 6.22. The van der Waals surface area contributed by atoms with Gasteiger partial charge in [0.05, 0.1) is 17.0 Å². The molecule has 1 aliphatic carbocycles. The predicted octanol–water partition coefficient (Wildman–Crippen LogP) is 3.02. The van der Waals surface area contributed by atoms with Gasteiger partial charge in [0.15, 0.2) is 0 Å². The van der Waals surface area contributed by atoms with Crippen LogP contribution in [0.1, 0.15) is 31.4 Å². The monoisotopic (exact) mass is 285 g/mol. The Labute approximate surface area is 125 Å². The first-order valence-electron chi connectivity index (χ1n) is 7.70. The molecule has 4 nitrogen and oxygen atoms in total. The van der Waals surface area contributed by atoms with E-state index >= 15 is 0 Å². The van der Waals surface area contributed by atoms with Gasteiger partial charge in [-0.15, -0.1) is 0 Å². The van der Waals surface area contributed by atoms with Crippen molar-refractivity contribution in [3.63, 3.8) is 0 Å². The van der Waals surface area contributed by atoms with Gasteiger partial charge in [-0.2, -0.15) is 0 Å². The Bertz CT molecular complexity index is 633. The van der Waals surface area contributed by atoms with Gasteiger partial charge in [0.2, 0.25) is 0 Å². The number of pyridine rings is 1. The van der Waals surface area contributed by atoms with Gasteiger partial charge in [0.25, 0.3) is 0 Å². The van der Waals surface area contributed by atoms with Crippen LogP contribution in [0.2, 0.25) is 0 Å². The minimum atomic E-state index is 0.263. The van der Waals surface area contributed by atoms with E-state index in [0.717, 1.165) is 60.3 Å². The zero-order valence-corrected chi connectivity index (χ0v) is 12.5. The van der Waals surface area contributed by atoms with Gasteiger partial charge < -0.3 is 16.2 Å². The second-order valence-corrected chi connectivity index (χ2v) is 6.00. The number of hydrogen-bond donors (Lipinski definition) is 2. The number of hydrogen-bond acceptors (Lipinski definition) is 4. The second-order valence-electron chi connectivity index (χ2n) is 6.00. The molecule has 0 saturated heterocycles. The molecule has 1 heterocycles. The van der Waals surface area contributed by atoms with Gasteiger partial charge in [-0.05, 0) is 63.3 Å². The van der Waals surface area contributed by atoms with E-state index in [1.807, 2.05) is 31.2 Å². The van der Waals surface area contributed by atoms with Gasteiger partial charge in [-0.3, -0.25) is 4.98 Å². The van der Waals surface area contributed by atoms with Gasteiger partial charge in [0.1, 0.15) is 5.75 Å². The minimum Gasteiger partial charge on any atom is -0.490 e. The molecule has 2 aromatic rings. The van der Waals surface area contributed by atoms with E-state index in [4.69, 9.17) is 16.2 Å². The van der Waals surface area contributed by atoms with Crippen LogP contribution >= 0.6 is 0 Å². The fourth-order valence-corrected chi connectivity index (χ4v) is 3.19. The van der Waals surface area contributed by atoms with Crippen molar-refractivity contribution in [1.82, 2.24) is 4.98 Å². The molecule has 0 spiro atoms. The number of aromatic nitrogens is 1. The van der Waals surface area contributed by atoms with Gasteiger partial charge in [-0.1, -0.05) is 6.07 Å². The third-order valence-corrected chi connectivity index (χ3v) is 4.37. The Morgan fingerprint density at radius 1 is 1.24 bits per heavy atom. The molecule has 0 amide bonds. The molecule has 0 bridgehead atoms. The molecule has 1 aliphatic rings. The molecular weight excluding hydrogens is 262 g/mol. The molecular formula is C17H23N3O. The molecule has 4 heteroatoms. The van der Waals surface area contributed by atoms with Gasteiger partial charge in [-0.25, -0.2) is 0 Å². The predicted molar refractivity (Wildman–Crippen MR) is 86.3 cm³/mol. The molecule has 112 valence electrons. The summed E-state index contributed by atoms with van der Waals surface area (Å²) in [6.07, 6.45) is 4.70. The summed E-state index contributed by atoms with van der Waals surface area (Å²) in [6, 6.07) is 7.86. The highest BCUT2D eigenvalue weighted by molar-refractivity contribution is 5.95. The number of nitrogens with two attached hydrogens (primary N) is 2. The summed E-state index contributed by atoms with van der Waals surface area (Å²) in [5, 5.41) is 0.934. The maximum Gasteiger partial charge on any atom is 0.131 e. The summed E-state index contributed by atoms with van der Waals surface area (Å²) < 4.78 is 6.22. The number of rotatable bonds is 3. The van der Waals surface area contributed by atoms with Crippen LogP contribution in [-0.2, 0) is 0 Å². The molecule has 1 aromatic carbocycles. The van der Waals surface area contributed by atoms with E-state index < -0.39 is 0 Å². The highest BCUT2D eigenvalue weighted by Crippen LogP contribution is 2.33. The Balaban J connectivity index is 1.84. The van der Waals surface area contributed by atoms with Crippen molar-refractivity contribution in [1.29, 1.82) is 0 Å². The Morgan fingerprint density at radius 3 is 2.71 bits per heavy atom. The SMILES string of the molecule is Cc1cc(N)c2c(OC3CCC(CN)CC3)cccc2n1. The standard InChI is InChI=1S/C17H23N3O/c1-11-9-14(19)17-15(20-11)3-2-4-16(17)21-13-7-5-12(10-18)6-8-13/h2-4,9,12-13H,5-8,10,18H2,1H3,(H2,19,20). The third kappa shape index (κ3) is 2.95. The molecule has 21 heavy (non-hydrogen) atoms. The Hall–Kier alpha value is -1.81. The lowest BCUT2D eigenvalue weighted by Gasteiger charge is -2.28. The minimum absolute atomic E-state index is 0.263. The summed E-state index contributed by atoms with van der Waals surface area (Å²) in [6.45, 7) is 2.74. The van der Waals surface area contributed by atoms with E-state index in [1.54, 1.807) is 0 Å². The number of fused-ring (bicyclic) bond motifs is 1. The summed E-state index contributed by atoms with van der Waals surface area (Å²) in [5.41, 5.74) is 14.5. The Morgan fingerprint density at radius 2 is 2.00 bits per heavy atom. The quantitative estimate of drug-likeness (QED) is 0.909. The van der Waals surface area contributed by atoms with Gasteiger partial charge >= 0.3 is 0 Å². The third-order valence-electron chi connectivity index (χ3n) is 4.37. The van der Waals surface area contributed by atoms with Crippen molar-refractivity contribution in [2.75, 3.05) is 12.3 Å². The van der Waals surface area contributed by atoms with Gasteiger partial charge in [0, 0.05) is 11.4 Å². The molecule has 4 N–H and O–H groups in total. The fraction of sp³-hybridized carbons (Fsp3) is 0.471. The molecule has 0 unspecified atom stereocenters. The van der Waals surface area contributed by atoms with E-state index in [1.165, 1.54) is 0 Å². The molecule has 1 fully saturated rings. The topological polar surface area (TPSA) is 74.2 Å². The number of anilines is 1. The summed E-state index contributed by atoms with van der Waals surface area (Å²) in [5.74, 6) is 1.51. The lowest BCUT2D eigenvalue weighted by molar-refractivity contribution is 0.135. The van der Waals surface area contributed by atoms with E-state index in [-0.39, 0.29) is 6.10 Å². The first kappa shape index (κ1) is 14.1. The molecule has 1 saturated carbocycles. The van der Waals surface area contributed by atoms with Crippen LogP contribution in [0.15, 0.2) is 24.3 Å².